The van der Waals surface area contributed by atoms with Crippen LogP contribution in [0, 0.1) is 5.92 Å². The third-order valence-electron chi connectivity index (χ3n) is 3.43. The standard InChI is InChI=1S/C17H17NO/c1-12(2)11-18-15-9-5-3-7-13(15)17(19)14-8-4-6-10-16(14)18/h3-10,12H,11H2,1-2H3. The summed E-state index contributed by atoms with van der Waals surface area (Å²) in [6.45, 7) is 5.31. The molecule has 19 heavy (non-hydrogen) atoms. The van der Waals surface area contributed by atoms with Gasteiger partial charge in [0.15, 0.2) is 5.43 Å². The van der Waals surface area contributed by atoms with Crippen LogP contribution in [0.4, 0.5) is 0 Å². The molecule has 1 heterocycles. The molecule has 0 saturated carbocycles. The first-order valence-electron chi connectivity index (χ1n) is 6.69. The van der Waals surface area contributed by atoms with E-state index in [-0.39, 0.29) is 5.43 Å². The Kier molecular flexibility index (Phi) is 2.86. The van der Waals surface area contributed by atoms with E-state index in [1.165, 1.54) is 0 Å². The Morgan fingerprint density at radius 1 is 0.895 bits per heavy atom. The maximum absolute atomic E-state index is 12.5. The van der Waals surface area contributed by atoms with E-state index >= 15 is 0 Å². The molecule has 0 fully saturated rings. The molecule has 2 heteroatoms. The van der Waals surface area contributed by atoms with Crippen LogP contribution in [0.5, 0.6) is 0 Å². The highest BCUT2D eigenvalue weighted by molar-refractivity contribution is 5.93. The van der Waals surface area contributed by atoms with Crippen LogP contribution >= 0.6 is 0 Å². The van der Waals surface area contributed by atoms with Crippen molar-refractivity contribution in [2.24, 2.45) is 5.92 Å². The minimum absolute atomic E-state index is 0.131. The molecule has 0 unspecified atom stereocenters. The fraction of sp³-hybridized carbons (Fsp3) is 0.235. The third-order valence-corrected chi connectivity index (χ3v) is 3.43. The molecule has 2 aromatic carbocycles. The molecular formula is C17H17NO. The summed E-state index contributed by atoms with van der Waals surface area (Å²) in [6.07, 6.45) is 0. The minimum Gasteiger partial charge on any atom is -0.340 e. The van der Waals surface area contributed by atoms with Gasteiger partial charge >= 0.3 is 0 Å². The third kappa shape index (κ3) is 1.93. The number of rotatable bonds is 2. The number of para-hydroxylation sites is 2. The van der Waals surface area contributed by atoms with E-state index in [1.807, 2.05) is 48.5 Å². The number of fused-ring (bicyclic) bond motifs is 2. The Morgan fingerprint density at radius 2 is 1.37 bits per heavy atom. The van der Waals surface area contributed by atoms with Gasteiger partial charge in [-0.1, -0.05) is 38.1 Å². The maximum Gasteiger partial charge on any atom is 0.197 e. The molecule has 0 spiro atoms. The van der Waals surface area contributed by atoms with Crippen molar-refractivity contribution in [1.82, 2.24) is 4.57 Å². The fourth-order valence-electron chi connectivity index (χ4n) is 2.64. The van der Waals surface area contributed by atoms with Crippen LogP contribution in [-0.4, -0.2) is 4.57 Å². The Morgan fingerprint density at radius 3 is 1.84 bits per heavy atom. The average Bonchev–Trinajstić information content (AvgIpc) is 2.43. The topological polar surface area (TPSA) is 22.0 Å². The second kappa shape index (κ2) is 4.54. The number of benzene rings is 2. The van der Waals surface area contributed by atoms with E-state index in [4.69, 9.17) is 0 Å². The smallest absolute Gasteiger partial charge is 0.197 e. The number of nitrogens with zero attached hydrogens (tertiary/aromatic N) is 1. The largest absolute Gasteiger partial charge is 0.340 e. The molecule has 3 aromatic rings. The molecule has 96 valence electrons. The zero-order chi connectivity index (χ0) is 13.4. The summed E-state index contributed by atoms with van der Waals surface area (Å²) in [7, 11) is 0. The van der Waals surface area contributed by atoms with Gasteiger partial charge in [0.2, 0.25) is 0 Å². The number of hydrogen-bond donors (Lipinski definition) is 0. The summed E-state index contributed by atoms with van der Waals surface area (Å²) in [4.78, 5) is 12.5. The van der Waals surface area contributed by atoms with Crippen molar-refractivity contribution in [2.45, 2.75) is 20.4 Å². The van der Waals surface area contributed by atoms with Gasteiger partial charge in [-0.25, -0.2) is 0 Å². The van der Waals surface area contributed by atoms with Crippen molar-refractivity contribution in [1.29, 1.82) is 0 Å². The minimum atomic E-state index is 0.131. The predicted octanol–water partition coefficient (Wildman–Crippen LogP) is 3.81. The molecule has 0 atom stereocenters. The Labute approximate surface area is 112 Å². The molecule has 0 aliphatic heterocycles. The van der Waals surface area contributed by atoms with Crippen LogP contribution in [0.15, 0.2) is 53.3 Å². The monoisotopic (exact) mass is 251 g/mol. The van der Waals surface area contributed by atoms with E-state index in [1.54, 1.807) is 0 Å². The Hall–Kier alpha value is -2.09. The van der Waals surface area contributed by atoms with Gasteiger partial charge in [0.05, 0.1) is 11.0 Å². The molecule has 1 aromatic heterocycles. The summed E-state index contributed by atoms with van der Waals surface area (Å²) in [5.41, 5.74) is 2.19. The van der Waals surface area contributed by atoms with Gasteiger partial charge in [0, 0.05) is 17.3 Å². The first-order chi connectivity index (χ1) is 9.18. The van der Waals surface area contributed by atoms with Gasteiger partial charge < -0.3 is 4.57 Å². The number of pyridine rings is 1. The first kappa shape index (κ1) is 12.0. The van der Waals surface area contributed by atoms with E-state index in [9.17, 15) is 4.79 Å². The van der Waals surface area contributed by atoms with Gasteiger partial charge in [0.25, 0.3) is 0 Å². The van der Waals surface area contributed by atoms with Crippen LogP contribution in [-0.2, 0) is 6.54 Å². The van der Waals surface area contributed by atoms with E-state index < -0.39 is 0 Å². The highest BCUT2D eigenvalue weighted by Crippen LogP contribution is 2.20. The molecule has 0 aliphatic rings. The lowest BCUT2D eigenvalue weighted by Crippen LogP contribution is -2.13. The van der Waals surface area contributed by atoms with E-state index in [0.29, 0.717) is 5.92 Å². The lowest BCUT2D eigenvalue weighted by atomic mass is 10.1. The van der Waals surface area contributed by atoms with Crippen molar-refractivity contribution < 1.29 is 0 Å². The van der Waals surface area contributed by atoms with E-state index in [0.717, 1.165) is 28.4 Å². The van der Waals surface area contributed by atoms with E-state index in [2.05, 4.69) is 18.4 Å². The van der Waals surface area contributed by atoms with Crippen LogP contribution in [0.25, 0.3) is 21.8 Å². The quantitative estimate of drug-likeness (QED) is 0.635. The highest BCUT2D eigenvalue weighted by atomic mass is 16.1. The van der Waals surface area contributed by atoms with Crippen molar-refractivity contribution in [2.75, 3.05) is 0 Å². The van der Waals surface area contributed by atoms with Gasteiger partial charge in [-0.15, -0.1) is 0 Å². The molecule has 0 N–H and O–H groups in total. The normalized spacial score (nSPS) is 11.5. The van der Waals surface area contributed by atoms with Gasteiger partial charge in [-0.3, -0.25) is 4.79 Å². The molecular weight excluding hydrogens is 234 g/mol. The zero-order valence-corrected chi connectivity index (χ0v) is 11.3. The Bertz CT molecular complexity index is 739. The fourth-order valence-corrected chi connectivity index (χ4v) is 2.64. The summed E-state index contributed by atoms with van der Waals surface area (Å²) >= 11 is 0. The van der Waals surface area contributed by atoms with Gasteiger partial charge in [0.1, 0.15) is 0 Å². The SMILES string of the molecule is CC(C)Cn1c2ccccc2c(=O)c2ccccc21. The lowest BCUT2D eigenvalue weighted by Gasteiger charge is -2.16. The van der Waals surface area contributed by atoms with Crippen LogP contribution in [0.3, 0.4) is 0 Å². The number of hydrogen-bond acceptors (Lipinski definition) is 1. The van der Waals surface area contributed by atoms with Crippen molar-refractivity contribution >= 4 is 21.8 Å². The lowest BCUT2D eigenvalue weighted by molar-refractivity contribution is 0.544. The second-order valence-electron chi connectivity index (χ2n) is 5.37. The van der Waals surface area contributed by atoms with Gasteiger partial charge in [-0.2, -0.15) is 0 Å². The molecule has 0 saturated heterocycles. The van der Waals surface area contributed by atoms with Crippen LogP contribution in [0.1, 0.15) is 13.8 Å². The van der Waals surface area contributed by atoms with Crippen molar-refractivity contribution in [3.63, 3.8) is 0 Å². The van der Waals surface area contributed by atoms with Crippen LogP contribution < -0.4 is 5.43 Å². The van der Waals surface area contributed by atoms with Crippen molar-refractivity contribution in [3.05, 3.63) is 58.8 Å². The summed E-state index contributed by atoms with van der Waals surface area (Å²) < 4.78 is 2.26. The maximum atomic E-state index is 12.5. The molecule has 0 bridgehead atoms. The predicted molar refractivity (Wildman–Crippen MR) is 80.6 cm³/mol. The molecule has 0 aliphatic carbocycles. The highest BCUT2D eigenvalue weighted by Gasteiger charge is 2.10. The van der Waals surface area contributed by atoms with Gasteiger partial charge in [-0.05, 0) is 30.2 Å². The second-order valence-corrected chi connectivity index (χ2v) is 5.37. The molecule has 2 nitrogen and oxygen atoms in total. The Balaban J connectivity index is 2.52. The average molecular weight is 251 g/mol. The number of aromatic nitrogens is 1. The summed E-state index contributed by atoms with van der Waals surface area (Å²) in [5, 5.41) is 1.61. The first-order valence-corrected chi connectivity index (χ1v) is 6.69. The van der Waals surface area contributed by atoms with Crippen LogP contribution in [0.2, 0.25) is 0 Å². The zero-order valence-electron chi connectivity index (χ0n) is 11.3. The van der Waals surface area contributed by atoms with Crippen molar-refractivity contribution in [3.8, 4) is 0 Å². The molecule has 0 amide bonds. The summed E-state index contributed by atoms with van der Waals surface area (Å²) in [6, 6.07) is 15.7. The molecule has 3 rings (SSSR count). The molecule has 0 radical (unpaired) electrons. The summed E-state index contributed by atoms with van der Waals surface area (Å²) in [5.74, 6) is 0.536.